The first kappa shape index (κ1) is 16.8. The lowest BCUT2D eigenvalue weighted by atomic mass is 9.55. The van der Waals surface area contributed by atoms with Gasteiger partial charge < -0.3 is 4.74 Å². The van der Waals surface area contributed by atoms with Gasteiger partial charge in [0.15, 0.2) is 5.78 Å². The van der Waals surface area contributed by atoms with E-state index in [1.54, 1.807) is 0 Å². The first-order valence-corrected chi connectivity index (χ1v) is 10.2. The zero-order valence-corrected chi connectivity index (χ0v) is 15.9. The Bertz CT molecular complexity index is 898. The Kier molecular flexibility index (Phi) is 3.96. The van der Waals surface area contributed by atoms with Crippen LogP contribution >= 0.6 is 0 Å². The molecule has 0 aromatic heterocycles. The summed E-state index contributed by atoms with van der Waals surface area (Å²) in [5, 5.41) is 0. The number of ketones is 1. The average Bonchev–Trinajstić information content (AvgIpc) is 3.01. The molecule has 0 saturated heterocycles. The average molecular weight is 358 g/mol. The molecule has 0 amide bonds. The van der Waals surface area contributed by atoms with Crippen LogP contribution < -0.4 is 4.74 Å². The normalized spacial score (nSPS) is 31.1. The highest BCUT2D eigenvalue weighted by atomic mass is 16.5. The summed E-state index contributed by atoms with van der Waals surface area (Å²) in [4.78, 5) is 12.4. The van der Waals surface area contributed by atoms with E-state index in [0.717, 1.165) is 25.0 Å². The molecule has 0 radical (unpaired) electrons. The predicted molar refractivity (Wildman–Crippen MR) is 107 cm³/mol. The van der Waals surface area contributed by atoms with Crippen LogP contribution in [-0.2, 0) is 17.8 Å². The highest BCUT2D eigenvalue weighted by Gasteiger charge is 2.52. The lowest BCUT2D eigenvalue weighted by Crippen LogP contribution is -2.42. The molecule has 138 valence electrons. The molecule has 27 heavy (non-hydrogen) atoms. The van der Waals surface area contributed by atoms with Crippen molar-refractivity contribution >= 4 is 5.78 Å². The summed E-state index contributed by atoms with van der Waals surface area (Å²) in [5.74, 6) is 2.93. The SMILES string of the molecule is C[C@]12CC[C@@H]3c4ccc(OCc5ccccc5)cc4CC[C@H]3C1C=CC2=O. The molecular weight excluding hydrogens is 332 g/mol. The number of carbonyl (C=O) groups is 1. The van der Waals surface area contributed by atoms with E-state index < -0.39 is 0 Å². The van der Waals surface area contributed by atoms with E-state index in [4.69, 9.17) is 4.74 Å². The highest BCUT2D eigenvalue weighted by Crippen LogP contribution is 2.57. The molecule has 2 nitrogen and oxygen atoms in total. The fourth-order valence-corrected chi connectivity index (χ4v) is 5.66. The molecule has 3 aliphatic rings. The molecule has 4 atom stereocenters. The topological polar surface area (TPSA) is 26.3 Å². The molecule has 0 spiro atoms. The minimum Gasteiger partial charge on any atom is -0.489 e. The van der Waals surface area contributed by atoms with Gasteiger partial charge in [-0.3, -0.25) is 4.79 Å². The summed E-state index contributed by atoms with van der Waals surface area (Å²) in [5.41, 5.74) is 3.99. The van der Waals surface area contributed by atoms with E-state index in [1.165, 1.54) is 23.1 Å². The van der Waals surface area contributed by atoms with Crippen LogP contribution in [0.25, 0.3) is 0 Å². The van der Waals surface area contributed by atoms with Gasteiger partial charge in [-0.05, 0) is 78.3 Å². The number of ether oxygens (including phenoxy) is 1. The van der Waals surface area contributed by atoms with Gasteiger partial charge in [-0.15, -0.1) is 0 Å². The van der Waals surface area contributed by atoms with Crippen LogP contribution in [0.2, 0.25) is 0 Å². The van der Waals surface area contributed by atoms with Gasteiger partial charge in [0.25, 0.3) is 0 Å². The molecule has 1 unspecified atom stereocenters. The number of fused-ring (bicyclic) bond motifs is 5. The van der Waals surface area contributed by atoms with Gasteiger partial charge in [0.1, 0.15) is 12.4 Å². The van der Waals surface area contributed by atoms with Gasteiger partial charge in [0, 0.05) is 5.41 Å². The van der Waals surface area contributed by atoms with E-state index in [2.05, 4.69) is 43.3 Å². The maximum Gasteiger partial charge on any atom is 0.161 e. The number of aryl methyl sites for hydroxylation is 1. The fraction of sp³-hybridized carbons (Fsp3) is 0.400. The molecule has 5 rings (SSSR count). The van der Waals surface area contributed by atoms with Crippen molar-refractivity contribution in [2.75, 3.05) is 0 Å². The molecule has 2 aromatic carbocycles. The van der Waals surface area contributed by atoms with Crippen molar-refractivity contribution in [2.24, 2.45) is 17.3 Å². The van der Waals surface area contributed by atoms with Crippen LogP contribution in [0, 0.1) is 17.3 Å². The zero-order valence-electron chi connectivity index (χ0n) is 15.9. The number of hydrogen-bond acceptors (Lipinski definition) is 2. The summed E-state index contributed by atoms with van der Waals surface area (Å²) in [6.45, 7) is 2.80. The molecule has 1 fully saturated rings. The molecule has 0 N–H and O–H groups in total. The molecule has 2 heteroatoms. The van der Waals surface area contributed by atoms with Crippen LogP contribution in [0.5, 0.6) is 5.75 Å². The summed E-state index contributed by atoms with van der Waals surface area (Å²) in [6.07, 6.45) is 8.47. The van der Waals surface area contributed by atoms with E-state index in [1.807, 2.05) is 24.3 Å². The van der Waals surface area contributed by atoms with Gasteiger partial charge in [-0.2, -0.15) is 0 Å². The van der Waals surface area contributed by atoms with Crippen molar-refractivity contribution in [1.29, 1.82) is 0 Å². The first-order valence-electron chi connectivity index (χ1n) is 10.2. The number of hydrogen-bond donors (Lipinski definition) is 0. The van der Waals surface area contributed by atoms with Gasteiger partial charge in [0.05, 0.1) is 0 Å². The standard InChI is InChI=1S/C25H26O2/c1-25-14-13-21-20-10-8-19(27-16-17-5-3-2-4-6-17)15-18(20)7-9-22(21)23(25)11-12-24(25)26/h2-6,8,10-12,15,21-23H,7,9,13-14,16H2,1H3/t21-,22-,23?,25+/m1/s1. The number of benzene rings is 2. The number of allylic oxidation sites excluding steroid dienone is 2. The summed E-state index contributed by atoms with van der Waals surface area (Å²) in [6, 6.07) is 17.0. The Labute approximate surface area is 161 Å². The van der Waals surface area contributed by atoms with E-state index >= 15 is 0 Å². The third-order valence-corrected chi connectivity index (χ3v) is 7.22. The Balaban J connectivity index is 1.36. The largest absolute Gasteiger partial charge is 0.489 e. The van der Waals surface area contributed by atoms with Crippen molar-refractivity contribution in [3.63, 3.8) is 0 Å². The van der Waals surface area contributed by atoms with Crippen LogP contribution in [0.4, 0.5) is 0 Å². The second-order valence-electron chi connectivity index (χ2n) is 8.65. The Hall–Kier alpha value is -2.35. The third-order valence-electron chi connectivity index (χ3n) is 7.22. The summed E-state index contributed by atoms with van der Waals surface area (Å²) < 4.78 is 6.04. The molecule has 0 bridgehead atoms. The van der Waals surface area contributed by atoms with E-state index in [-0.39, 0.29) is 5.41 Å². The quantitative estimate of drug-likeness (QED) is 0.727. The Morgan fingerprint density at radius 1 is 1.11 bits per heavy atom. The number of carbonyl (C=O) groups excluding carboxylic acids is 1. The van der Waals surface area contributed by atoms with Crippen molar-refractivity contribution in [2.45, 2.75) is 45.1 Å². The lowest BCUT2D eigenvalue weighted by Gasteiger charge is -2.48. The predicted octanol–water partition coefficient (Wildman–Crippen LogP) is 5.47. The maximum absolute atomic E-state index is 12.4. The van der Waals surface area contributed by atoms with Gasteiger partial charge in [-0.1, -0.05) is 49.4 Å². The third kappa shape index (κ3) is 2.74. The molecular formula is C25H26O2. The number of rotatable bonds is 3. The molecule has 1 saturated carbocycles. The van der Waals surface area contributed by atoms with E-state index in [0.29, 0.717) is 30.1 Å². The van der Waals surface area contributed by atoms with Crippen molar-refractivity contribution in [3.8, 4) is 5.75 Å². The van der Waals surface area contributed by atoms with Crippen molar-refractivity contribution < 1.29 is 9.53 Å². The van der Waals surface area contributed by atoms with Crippen LogP contribution in [0.1, 0.15) is 48.8 Å². The van der Waals surface area contributed by atoms with Crippen LogP contribution in [0.3, 0.4) is 0 Å². The van der Waals surface area contributed by atoms with Crippen LogP contribution in [-0.4, -0.2) is 5.78 Å². The first-order chi connectivity index (χ1) is 13.1. The molecule has 3 aliphatic carbocycles. The second-order valence-corrected chi connectivity index (χ2v) is 8.65. The zero-order chi connectivity index (χ0) is 18.4. The fourth-order valence-electron chi connectivity index (χ4n) is 5.66. The summed E-state index contributed by atoms with van der Waals surface area (Å²) >= 11 is 0. The van der Waals surface area contributed by atoms with Gasteiger partial charge in [0.2, 0.25) is 0 Å². The minimum atomic E-state index is -0.141. The molecule has 0 aliphatic heterocycles. The smallest absolute Gasteiger partial charge is 0.161 e. The van der Waals surface area contributed by atoms with Crippen molar-refractivity contribution in [1.82, 2.24) is 0 Å². The van der Waals surface area contributed by atoms with Crippen molar-refractivity contribution in [3.05, 3.63) is 77.4 Å². The maximum atomic E-state index is 12.4. The Morgan fingerprint density at radius 2 is 1.96 bits per heavy atom. The second kappa shape index (κ2) is 6.37. The highest BCUT2D eigenvalue weighted by molar-refractivity contribution is 5.97. The van der Waals surface area contributed by atoms with E-state index in [9.17, 15) is 4.79 Å². The molecule has 0 heterocycles. The minimum absolute atomic E-state index is 0.141. The molecule has 2 aromatic rings. The Morgan fingerprint density at radius 3 is 2.81 bits per heavy atom. The summed E-state index contributed by atoms with van der Waals surface area (Å²) in [7, 11) is 0. The van der Waals surface area contributed by atoms with Gasteiger partial charge in [-0.25, -0.2) is 0 Å². The van der Waals surface area contributed by atoms with Gasteiger partial charge >= 0.3 is 0 Å². The lowest BCUT2D eigenvalue weighted by molar-refractivity contribution is -0.126. The monoisotopic (exact) mass is 358 g/mol. The van der Waals surface area contributed by atoms with Crippen LogP contribution in [0.15, 0.2) is 60.7 Å².